The summed E-state index contributed by atoms with van der Waals surface area (Å²) in [6.07, 6.45) is 11.1. The van der Waals surface area contributed by atoms with E-state index in [1.54, 1.807) is 6.26 Å². The standard InChI is InChI=1S/C15H11NO.CH5N/c1-11-7-8-12-5-3-2-4-6-13(12)15(11)14-9-17-10-16-14;1-2/h2-4,6-10H,1H3;2H2,1H3. The van der Waals surface area contributed by atoms with Crippen molar-refractivity contribution in [2.75, 3.05) is 7.05 Å². The van der Waals surface area contributed by atoms with Crippen LogP contribution in [0.5, 0.6) is 0 Å². The summed E-state index contributed by atoms with van der Waals surface area (Å²) in [4.78, 5) is 4.24. The highest BCUT2D eigenvalue weighted by atomic mass is 16.3. The van der Waals surface area contributed by atoms with Crippen LogP contribution in [-0.4, -0.2) is 12.0 Å². The summed E-state index contributed by atoms with van der Waals surface area (Å²) in [6, 6.07) is 4.16. The Balaban J connectivity index is 0.000000637. The van der Waals surface area contributed by atoms with E-state index in [-0.39, 0.29) is 0 Å². The fourth-order valence-corrected chi connectivity index (χ4v) is 2.05. The molecule has 0 bridgehead atoms. The summed E-state index contributed by atoms with van der Waals surface area (Å²) in [5.74, 6) is 0. The van der Waals surface area contributed by atoms with Crippen LogP contribution >= 0.6 is 0 Å². The fourth-order valence-electron chi connectivity index (χ4n) is 2.05. The summed E-state index contributed by atoms with van der Waals surface area (Å²) < 4.78 is 5.07. The molecule has 1 aromatic carbocycles. The Kier molecular flexibility index (Phi) is 4.14. The molecule has 2 N–H and O–H groups in total. The highest BCUT2D eigenvalue weighted by Crippen LogP contribution is 2.15. The molecule has 2 aromatic rings. The van der Waals surface area contributed by atoms with Gasteiger partial charge in [0.2, 0.25) is 0 Å². The van der Waals surface area contributed by atoms with Crippen molar-refractivity contribution >= 4 is 11.8 Å². The van der Waals surface area contributed by atoms with Crippen LogP contribution in [0.2, 0.25) is 0 Å². The number of benzene rings is 1. The minimum Gasteiger partial charge on any atom is -0.451 e. The van der Waals surface area contributed by atoms with E-state index >= 15 is 0 Å². The lowest BCUT2D eigenvalue weighted by Gasteiger charge is -2.03. The van der Waals surface area contributed by atoms with E-state index < -0.39 is 0 Å². The van der Waals surface area contributed by atoms with E-state index in [1.807, 2.05) is 18.2 Å². The molecule has 3 heteroatoms. The van der Waals surface area contributed by atoms with Crippen LogP contribution in [0.1, 0.15) is 5.56 Å². The van der Waals surface area contributed by atoms with Gasteiger partial charge in [-0.1, -0.05) is 24.3 Å². The van der Waals surface area contributed by atoms with Crippen molar-refractivity contribution in [3.8, 4) is 11.3 Å². The molecule has 0 atom stereocenters. The second kappa shape index (κ2) is 6.01. The molecule has 0 spiro atoms. The number of hydrogen-bond donors (Lipinski definition) is 1. The van der Waals surface area contributed by atoms with Gasteiger partial charge in [-0.3, -0.25) is 0 Å². The van der Waals surface area contributed by atoms with Crippen molar-refractivity contribution in [3.05, 3.63) is 59.0 Å². The minimum atomic E-state index is 0.868. The molecule has 19 heavy (non-hydrogen) atoms. The SMILES string of the molecule is CN.Cc1ccc2c(c1-c1cocn1)=CC=CC=C=2. The maximum atomic E-state index is 5.07. The predicted octanol–water partition coefficient (Wildman–Crippen LogP) is 1.51. The third-order valence-electron chi connectivity index (χ3n) is 2.85. The van der Waals surface area contributed by atoms with E-state index in [0.717, 1.165) is 21.7 Å². The largest absolute Gasteiger partial charge is 0.451 e. The Morgan fingerprint density at radius 3 is 2.79 bits per heavy atom. The van der Waals surface area contributed by atoms with Crippen molar-refractivity contribution in [1.29, 1.82) is 0 Å². The van der Waals surface area contributed by atoms with Crippen molar-refractivity contribution in [2.45, 2.75) is 6.92 Å². The topological polar surface area (TPSA) is 52.0 Å². The van der Waals surface area contributed by atoms with Gasteiger partial charge in [0, 0.05) is 10.8 Å². The lowest BCUT2D eigenvalue weighted by molar-refractivity contribution is 0.558. The summed E-state index contributed by atoms with van der Waals surface area (Å²) in [6.45, 7) is 2.08. The number of allylic oxidation sites excluding steroid dienone is 3. The molecule has 1 aliphatic carbocycles. The third-order valence-corrected chi connectivity index (χ3v) is 2.85. The van der Waals surface area contributed by atoms with E-state index in [1.165, 1.54) is 19.0 Å². The fraction of sp³-hybridized carbons (Fsp3) is 0.125. The molecule has 3 nitrogen and oxygen atoms in total. The number of aryl methyl sites for hydroxylation is 1. The van der Waals surface area contributed by atoms with E-state index in [0.29, 0.717) is 0 Å². The van der Waals surface area contributed by atoms with Crippen LogP contribution in [0, 0.1) is 6.92 Å². The minimum absolute atomic E-state index is 0.868. The van der Waals surface area contributed by atoms with Gasteiger partial charge in [0.15, 0.2) is 6.39 Å². The molecule has 0 unspecified atom stereocenters. The zero-order valence-corrected chi connectivity index (χ0v) is 11.1. The predicted molar refractivity (Wildman–Crippen MR) is 77.6 cm³/mol. The normalized spacial score (nSPS) is 11.5. The smallest absolute Gasteiger partial charge is 0.181 e. The van der Waals surface area contributed by atoms with Gasteiger partial charge >= 0.3 is 0 Å². The zero-order chi connectivity index (χ0) is 13.7. The number of hydrogen-bond acceptors (Lipinski definition) is 3. The molecule has 0 fully saturated rings. The molecule has 1 aromatic heterocycles. The zero-order valence-electron chi connectivity index (χ0n) is 11.1. The van der Waals surface area contributed by atoms with Gasteiger partial charge in [0.25, 0.3) is 0 Å². The van der Waals surface area contributed by atoms with E-state index in [9.17, 15) is 0 Å². The highest BCUT2D eigenvalue weighted by Gasteiger charge is 2.07. The quantitative estimate of drug-likeness (QED) is 0.837. The maximum Gasteiger partial charge on any atom is 0.181 e. The van der Waals surface area contributed by atoms with Crippen LogP contribution in [0.3, 0.4) is 0 Å². The first-order valence-corrected chi connectivity index (χ1v) is 6.06. The first-order chi connectivity index (χ1) is 9.36. The molecule has 0 saturated carbocycles. The van der Waals surface area contributed by atoms with Gasteiger partial charge in [0.1, 0.15) is 12.0 Å². The first kappa shape index (κ1) is 13.1. The molecular weight excluding hydrogens is 236 g/mol. The Morgan fingerprint density at radius 2 is 2.05 bits per heavy atom. The second-order valence-corrected chi connectivity index (χ2v) is 3.95. The number of nitrogens with two attached hydrogens (primary N) is 1. The summed E-state index contributed by atoms with van der Waals surface area (Å²) in [5, 5.41) is 2.22. The molecule has 1 aliphatic rings. The van der Waals surface area contributed by atoms with Crippen LogP contribution < -0.4 is 16.2 Å². The number of nitrogens with zero attached hydrogens (tertiary/aromatic N) is 1. The van der Waals surface area contributed by atoms with E-state index in [4.69, 9.17) is 4.42 Å². The number of fused-ring (bicyclic) bond motifs is 1. The number of oxazole rings is 1. The molecular formula is C16H16N2O. The molecule has 0 aliphatic heterocycles. The van der Waals surface area contributed by atoms with Crippen LogP contribution in [-0.2, 0) is 0 Å². The summed E-state index contributed by atoms with van der Waals surface area (Å²) in [5.41, 5.74) is 10.9. The average Bonchev–Trinajstić information content (AvgIpc) is 2.86. The van der Waals surface area contributed by atoms with Gasteiger partial charge in [0.05, 0.1) is 0 Å². The van der Waals surface area contributed by atoms with Gasteiger partial charge in [-0.05, 0) is 36.9 Å². The Labute approximate surface area is 112 Å². The van der Waals surface area contributed by atoms with Gasteiger partial charge in [-0.15, -0.1) is 5.73 Å². The van der Waals surface area contributed by atoms with Crippen LogP contribution in [0.15, 0.2) is 47.4 Å². The van der Waals surface area contributed by atoms with Crippen LogP contribution in [0.4, 0.5) is 0 Å². The van der Waals surface area contributed by atoms with Crippen molar-refractivity contribution in [1.82, 2.24) is 4.98 Å². The molecule has 3 rings (SSSR count). The van der Waals surface area contributed by atoms with Crippen molar-refractivity contribution < 1.29 is 4.42 Å². The van der Waals surface area contributed by atoms with Gasteiger partial charge in [-0.2, -0.15) is 0 Å². The Hall–Kier alpha value is -2.35. The second-order valence-electron chi connectivity index (χ2n) is 3.95. The lowest BCUT2D eigenvalue weighted by atomic mass is 10.0. The summed E-state index contributed by atoms with van der Waals surface area (Å²) >= 11 is 0. The molecule has 96 valence electrons. The van der Waals surface area contributed by atoms with Crippen molar-refractivity contribution in [2.24, 2.45) is 5.73 Å². The monoisotopic (exact) mass is 252 g/mol. The highest BCUT2D eigenvalue weighted by molar-refractivity contribution is 5.67. The maximum absolute atomic E-state index is 5.07. The summed E-state index contributed by atoms with van der Waals surface area (Å²) in [7, 11) is 1.50. The lowest BCUT2D eigenvalue weighted by Crippen LogP contribution is -2.26. The Morgan fingerprint density at radius 1 is 1.21 bits per heavy atom. The Bertz CT molecular complexity index is 734. The number of aromatic nitrogens is 1. The first-order valence-electron chi connectivity index (χ1n) is 6.06. The molecule has 0 saturated heterocycles. The third kappa shape index (κ3) is 2.58. The number of rotatable bonds is 1. The molecule has 0 amide bonds. The van der Waals surface area contributed by atoms with Gasteiger partial charge in [-0.25, -0.2) is 4.98 Å². The van der Waals surface area contributed by atoms with Gasteiger partial charge < -0.3 is 10.2 Å². The van der Waals surface area contributed by atoms with Crippen molar-refractivity contribution in [3.63, 3.8) is 0 Å². The average molecular weight is 252 g/mol. The molecule has 0 radical (unpaired) electrons. The molecule has 1 heterocycles. The van der Waals surface area contributed by atoms with Crippen LogP contribution in [0.25, 0.3) is 23.1 Å². The van der Waals surface area contributed by atoms with E-state index in [2.05, 4.69) is 41.6 Å².